The number of carbonyl (C=O) groups excluding carboxylic acids is 1. The predicted molar refractivity (Wildman–Crippen MR) is 101 cm³/mol. The normalized spacial score (nSPS) is 10.6. The molecule has 0 unspecified atom stereocenters. The molecule has 138 valence electrons. The lowest BCUT2D eigenvalue weighted by Crippen LogP contribution is -2.13. The summed E-state index contributed by atoms with van der Waals surface area (Å²) in [5.41, 5.74) is 1.50. The summed E-state index contributed by atoms with van der Waals surface area (Å²) >= 11 is 3.34. The smallest absolute Gasteiger partial charge is 0.272 e. The zero-order valence-corrected chi connectivity index (χ0v) is 15.7. The molecular weight excluding hydrogens is 419 g/mol. The maximum absolute atomic E-state index is 13.0. The van der Waals surface area contributed by atoms with Crippen molar-refractivity contribution >= 4 is 33.3 Å². The van der Waals surface area contributed by atoms with Gasteiger partial charge in [0.2, 0.25) is 0 Å². The molecule has 0 aliphatic carbocycles. The third kappa shape index (κ3) is 4.37. The van der Waals surface area contributed by atoms with Gasteiger partial charge in [-0.05, 0) is 52.7 Å². The number of hydrogen-bond donors (Lipinski definition) is 1. The van der Waals surface area contributed by atoms with Crippen molar-refractivity contribution in [3.8, 4) is 0 Å². The molecule has 1 amide bonds. The summed E-state index contributed by atoms with van der Waals surface area (Å²) in [6.45, 7) is 1.98. The number of rotatable bonds is 5. The number of aryl methyl sites for hydroxylation is 1. The molecule has 2 aromatic carbocycles. The summed E-state index contributed by atoms with van der Waals surface area (Å²) in [6, 6.07) is 10.2. The Labute approximate surface area is 162 Å². The van der Waals surface area contributed by atoms with Crippen LogP contribution in [0.3, 0.4) is 0 Å². The number of nitro groups is 1. The molecular formula is C18H14BrFN4O3. The Morgan fingerprint density at radius 2 is 2.00 bits per heavy atom. The number of hydrogen-bond acceptors (Lipinski definition) is 4. The second kappa shape index (κ2) is 7.67. The van der Waals surface area contributed by atoms with Crippen LogP contribution in [0, 0.1) is 22.9 Å². The Kier molecular flexibility index (Phi) is 5.31. The van der Waals surface area contributed by atoms with Crippen molar-refractivity contribution in [2.24, 2.45) is 0 Å². The van der Waals surface area contributed by atoms with Crippen LogP contribution in [-0.2, 0) is 6.54 Å². The molecule has 1 N–H and O–H groups in total. The molecule has 0 aliphatic rings. The lowest BCUT2D eigenvalue weighted by Gasteiger charge is -2.05. The van der Waals surface area contributed by atoms with Gasteiger partial charge in [-0.25, -0.2) is 4.39 Å². The van der Waals surface area contributed by atoms with Crippen molar-refractivity contribution < 1.29 is 14.1 Å². The van der Waals surface area contributed by atoms with E-state index in [0.29, 0.717) is 22.4 Å². The van der Waals surface area contributed by atoms with E-state index in [4.69, 9.17) is 0 Å². The highest BCUT2D eigenvalue weighted by Crippen LogP contribution is 2.23. The molecule has 0 bridgehead atoms. The van der Waals surface area contributed by atoms with E-state index in [9.17, 15) is 19.3 Å². The molecule has 9 heteroatoms. The average Bonchev–Trinajstić information content (AvgIpc) is 2.95. The Balaban J connectivity index is 1.74. The molecule has 1 aromatic heterocycles. The number of benzene rings is 2. The first-order valence-corrected chi connectivity index (χ1v) is 8.66. The summed E-state index contributed by atoms with van der Waals surface area (Å²) in [5.74, 6) is -0.425. The average molecular weight is 433 g/mol. The minimum Gasteiger partial charge on any atom is -0.304 e. The zero-order chi connectivity index (χ0) is 19.6. The minimum atomic E-state index is -0.495. The van der Waals surface area contributed by atoms with Crippen LogP contribution in [-0.4, -0.2) is 20.6 Å². The first-order valence-electron chi connectivity index (χ1n) is 7.87. The van der Waals surface area contributed by atoms with Crippen molar-refractivity contribution in [3.05, 3.63) is 85.8 Å². The van der Waals surface area contributed by atoms with Gasteiger partial charge in [0.25, 0.3) is 11.6 Å². The SMILES string of the molecule is Cc1cc(C(=O)Nc2nn(Cc3ccc(F)cc3)cc2Br)ccc1[N+](=O)[O-]. The van der Waals surface area contributed by atoms with Crippen molar-refractivity contribution in [2.45, 2.75) is 13.5 Å². The number of nitrogens with zero attached hydrogens (tertiary/aromatic N) is 3. The molecule has 7 nitrogen and oxygen atoms in total. The van der Waals surface area contributed by atoms with Crippen LogP contribution >= 0.6 is 15.9 Å². The predicted octanol–water partition coefficient (Wildman–Crippen LogP) is 4.30. The number of halogens is 2. The van der Waals surface area contributed by atoms with Crippen LogP contribution in [0.25, 0.3) is 0 Å². The van der Waals surface area contributed by atoms with Crippen LogP contribution in [0.1, 0.15) is 21.5 Å². The maximum Gasteiger partial charge on any atom is 0.272 e. The number of carbonyl (C=O) groups is 1. The molecule has 0 radical (unpaired) electrons. The van der Waals surface area contributed by atoms with E-state index in [-0.39, 0.29) is 17.1 Å². The van der Waals surface area contributed by atoms with E-state index in [1.165, 1.54) is 30.3 Å². The van der Waals surface area contributed by atoms with E-state index in [2.05, 4.69) is 26.3 Å². The van der Waals surface area contributed by atoms with E-state index in [0.717, 1.165) is 5.56 Å². The van der Waals surface area contributed by atoms with Gasteiger partial charge in [0, 0.05) is 23.4 Å². The van der Waals surface area contributed by atoms with E-state index in [1.54, 1.807) is 29.9 Å². The molecule has 0 saturated carbocycles. The van der Waals surface area contributed by atoms with Crippen molar-refractivity contribution in [1.82, 2.24) is 9.78 Å². The second-order valence-corrected chi connectivity index (χ2v) is 6.72. The maximum atomic E-state index is 13.0. The van der Waals surface area contributed by atoms with Gasteiger partial charge >= 0.3 is 0 Å². The number of anilines is 1. The van der Waals surface area contributed by atoms with Crippen LogP contribution in [0.2, 0.25) is 0 Å². The van der Waals surface area contributed by atoms with Gasteiger partial charge in [-0.3, -0.25) is 19.6 Å². The van der Waals surface area contributed by atoms with Gasteiger partial charge in [-0.2, -0.15) is 5.10 Å². The molecule has 0 saturated heterocycles. The lowest BCUT2D eigenvalue weighted by molar-refractivity contribution is -0.385. The summed E-state index contributed by atoms with van der Waals surface area (Å²) in [5, 5.41) is 17.8. The van der Waals surface area contributed by atoms with Crippen molar-refractivity contribution in [3.63, 3.8) is 0 Å². The van der Waals surface area contributed by atoms with E-state index in [1.807, 2.05) is 0 Å². The van der Waals surface area contributed by atoms with Gasteiger partial charge in [0.15, 0.2) is 5.82 Å². The Morgan fingerprint density at radius 1 is 1.30 bits per heavy atom. The van der Waals surface area contributed by atoms with Crippen LogP contribution in [0.5, 0.6) is 0 Å². The second-order valence-electron chi connectivity index (χ2n) is 5.86. The topological polar surface area (TPSA) is 90.1 Å². The summed E-state index contributed by atoms with van der Waals surface area (Å²) in [4.78, 5) is 22.8. The monoisotopic (exact) mass is 432 g/mol. The van der Waals surface area contributed by atoms with Gasteiger partial charge in [0.1, 0.15) is 5.82 Å². The summed E-state index contributed by atoms with van der Waals surface area (Å²) < 4.78 is 15.2. The fourth-order valence-corrected chi connectivity index (χ4v) is 2.94. The number of nitrogens with one attached hydrogen (secondary N) is 1. The molecule has 27 heavy (non-hydrogen) atoms. The van der Waals surface area contributed by atoms with Gasteiger partial charge in [-0.15, -0.1) is 0 Å². The summed E-state index contributed by atoms with van der Waals surface area (Å²) in [7, 11) is 0. The van der Waals surface area contributed by atoms with Crippen LogP contribution in [0.15, 0.2) is 53.1 Å². The Hall–Kier alpha value is -3.07. The molecule has 0 aliphatic heterocycles. The third-order valence-corrected chi connectivity index (χ3v) is 4.44. The summed E-state index contributed by atoms with van der Waals surface area (Å²) in [6.07, 6.45) is 1.69. The van der Waals surface area contributed by atoms with Gasteiger partial charge < -0.3 is 5.32 Å². The molecule has 0 spiro atoms. The van der Waals surface area contributed by atoms with E-state index < -0.39 is 10.8 Å². The quantitative estimate of drug-likeness (QED) is 0.480. The fraction of sp³-hybridized carbons (Fsp3) is 0.111. The molecule has 1 heterocycles. The Bertz CT molecular complexity index is 1020. The highest BCUT2D eigenvalue weighted by Gasteiger charge is 2.16. The first-order chi connectivity index (χ1) is 12.8. The zero-order valence-electron chi connectivity index (χ0n) is 14.1. The Morgan fingerprint density at radius 3 is 2.63 bits per heavy atom. The molecule has 0 fully saturated rings. The lowest BCUT2D eigenvalue weighted by atomic mass is 10.1. The highest BCUT2D eigenvalue weighted by molar-refractivity contribution is 9.10. The highest BCUT2D eigenvalue weighted by atomic mass is 79.9. The standard InChI is InChI=1S/C18H14BrFN4O3/c1-11-8-13(4-7-16(11)24(26)27)18(25)21-17-15(19)10-23(22-17)9-12-2-5-14(20)6-3-12/h2-8,10H,9H2,1H3,(H,21,22,25). The third-order valence-electron chi connectivity index (χ3n) is 3.86. The van der Waals surface area contributed by atoms with Crippen LogP contribution in [0.4, 0.5) is 15.9 Å². The molecule has 3 aromatic rings. The van der Waals surface area contributed by atoms with Crippen molar-refractivity contribution in [1.29, 1.82) is 0 Å². The van der Waals surface area contributed by atoms with Gasteiger partial charge in [-0.1, -0.05) is 12.1 Å². The molecule has 0 atom stereocenters. The number of amides is 1. The van der Waals surface area contributed by atoms with E-state index >= 15 is 0 Å². The number of nitro benzene ring substituents is 1. The fourth-order valence-electron chi connectivity index (χ4n) is 2.52. The van der Waals surface area contributed by atoms with Crippen molar-refractivity contribution in [2.75, 3.05) is 5.32 Å². The molecule has 3 rings (SSSR count). The number of aromatic nitrogens is 2. The minimum absolute atomic E-state index is 0.0451. The first kappa shape index (κ1) is 18.7. The largest absolute Gasteiger partial charge is 0.304 e. The van der Waals surface area contributed by atoms with Gasteiger partial charge in [0.05, 0.1) is 15.9 Å². The van der Waals surface area contributed by atoms with Crippen LogP contribution < -0.4 is 5.32 Å².